The van der Waals surface area contributed by atoms with E-state index in [1.165, 1.54) is 11.8 Å². The number of aliphatic hydroxyl groups is 1. The van der Waals surface area contributed by atoms with E-state index in [1.807, 2.05) is 6.92 Å². The minimum Gasteiger partial charge on any atom is -0.396 e. The van der Waals surface area contributed by atoms with Crippen LogP contribution in [0.4, 0.5) is 0 Å². The van der Waals surface area contributed by atoms with Crippen LogP contribution in [0.5, 0.6) is 0 Å². The van der Waals surface area contributed by atoms with Crippen molar-refractivity contribution in [2.75, 3.05) is 12.4 Å². The van der Waals surface area contributed by atoms with Crippen molar-refractivity contribution >= 4 is 34.5 Å². The first-order chi connectivity index (χ1) is 7.70. The predicted molar refractivity (Wildman–Crippen MR) is 63.7 cm³/mol. The van der Waals surface area contributed by atoms with Crippen LogP contribution in [0.25, 0.3) is 11.2 Å². The summed E-state index contributed by atoms with van der Waals surface area (Å²) in [4.78, 5) is 15.1. The highest BCUT2D eigenvalue weighted by atomic mass is 35.5. The Hall–Kier alpha value is -0.850. The molecule has 1 atom stereocenters. The Morgan fingerprint density at radius 1 is 1.56 bits per heavy atom. The fourth-order valence-electron chi connectivity index (χ4n) is 1.16. The summed E-state index contributed by atoms with van der Waals surface area (Å²) in [7, 11) is 0. The quantitative estimate of drug-likeness (QED) is 0.496. The summed E-state index contributed by atoms with van der Waals surface area (Å²) in [6, 6.07) is 0. The second kappa shape index (κ2) is 4.99. The molecular weight excluding hydrogens is 248 g/mol. The van der Waals surface area contributed by atoms with E-state index in [2.05, 4.69) is 19.9 Å². The van der Waals surface area contributed by atoms with Crippen LogP contribution in [0.2, 0.25) is 5.28 Å². The lowest BCUT2D eigenvalue weighted by Gasteiger charge is -2.06. The fourth-order valence-corrected chi connectivity index (χ4v) is 2.37. The molecule has 0 radical (unpaired) electrons. The molecule has 2 aromatic rings. The number of rotatable bonds is 4. The highest BCUT2D eigenvalue weighted by Crippen LogP contribution is 2.25. The van der Waals surface area contributed by atoms with Crippen molar-refractivity contribution in [3.63, 3.8) is 0 Å². The lowest BCUT2D eigenvalue weighted by molar-refractivity contribution is 0.250. The number of fused-ring (bicyclic) bond motifs is 1. The Bertz CT molecular complexity index is 489. The summed E-state index contributed by atoms with van der Waals surface area (Å²) in [5.41, 5.74) is 1.36. The molecule has 16 heavy (non-hydrogen) atoms. The highest BCUT2D eigenvalue weighted by Gasteiger charge is 2.10. The van der Waals surface area contributed by atoms with Crippen LogP contribution in [0, 0.1) is 5.92 Å². The van der Waals surface area contributed by atoms with Crippen molar-refractivity contribution < 1.29 is 5.11 Å². The molecule has 2 aromatic heterocycles. The molecule has 0 aromatic carbocycles. The number of thioether (sulfide) groups is 1. The molecular formula is C9H11ClN4OS. The van der Waals surface area contributed by atoms with Gasteiger partial charge in [-0.05, 0) is 17.5 Å². The molecule has 5 nitrogen and oxygen atoms in total. The van der Waals surface area contributed by atoms with Crippen LogP contribution < -0.4 is 0 Å². The topological polar surface area (TPSA) is 74.7 Å². The van der Waals surface area contributed by atoms with Gasteiger partial charge in [-0.3, -0.25) is 0 Å². The smallest absolute Gasteiger partial charge is 0.225 e. The van der Waals surface area contributed by atoms with Gasteiger partial charge in [0.15, 0.2) is 5.65 Å². The third-order valence-corrected chi connectivity index (χ3v) is 3.51. The summed E-state index contributed by atoms with van der Waals surface area (Å²) in [6.07, 6.45) is 1.56. The number of halogens is 1. The van der Waals surface area contributed by atoms with E-state index < -0.39 is 0 Å². The Kier molecular flexibility index (Phi) is 3.63. The molecule has 7 heteroatoms. The maximum absolute atomic E-state index is 8.95. The first kappa shape index (κ1) is 11.6. The maximum atomic E-state index is 8.95. The Morgan fingerprint density at radius 3 is 3.12 bits per heavy atom. The molecule has 0 saturated carbocycles. The Morgan fingerprint density at radius 2 is 2.38 bits per heavy atom. The van der Waals surface area contributed by atoms with Gasteiger partial charge in [0, 0.05) is 12.4 Å². The van der Waals surface area contributed by atoms with Gasteiger partial charge in [0.2, 0.25) is 5.28 Å². The zero-order chi connectivity index (χ0) is 11.5. The van der Waals surface area contributed by atoms with Crippen molar-refractivity contribution in [3.05, 3.63) is 11.6 Å². The number of aromatic nitrogens is 4. The fraction of sp³-hybridized carbons (Fsp3) is 0.444. The zero-order valence-corrected chi connectivity index (χ0v) is 10.2. The molecule has 0 saturated heterocycles. The second-order valence-corrected chi connectivity index (χ2v) is 4.84. The van der Waals surface area contributed by atoms with Gasteiger partial charge in [0.25, 0.3) is 0 Å². The summed E-state index contributed by atoms with van der Waals surface area (Å²) in [5.74, 6) is 0.995. The minimum atomic E-state index is 0.165. The van der Waals surface area contributed by atoms with Crippen molar-refractivity contribution in [1.82, 2.24) is 19.9 Å². The monoisotopic (exact) mass is 258 g/mol. The number of nitrogens with one attached hydrogen (secondary N) is 1. The molecule has 0 aliphatic heterocycles. The number of hydrogen-bond acceptors (Lipinski definition) is 5. The molecule has 0 fully saturated rings. The molecule has 1 unspecified atom stereocenters. The van der Waals surface area contributed by atoms with Crippen LogP contribution in [0.3, 0.4) is 0 Å². The van der Waals surface area contributed by atoms with E-state index in [1.54, 1.807) is 6.33 Å². The van der Waals surface area contributed by atoms with Crippen molar-refractivity contribution in [2.45, 2.75) is 11.9 Å². The summed E-state index contributed by atoms with van der Waals surface area (Å²) < 4.78 is 0. The van der Waals surface area contributed by atoms with Crippen LogP contribution in [-0.2, 0) is 0 Å². The largest absolute Gasteiger partial charge is 0.396 e. The first-order valence-corrected chi connectivity index (χ1v) is 6.17. The average Bonchev–Trinajstić information content (AvgIpc) is 2.73. The molecule has 0 bridgehead atoms. The van der Waals surface area contributed by atoms with E-state index in [4.69, 9.17) is 16.7 Å². The van der Waals surface area contributed by atoms with Crippen LogP contribution >= 0.6 is 23.4 Å². The van der Waals surface area contributed by atoms with Crippen molar-refractivity contribution in [3.8, 4) is 0 Å². The Balaban J connectivity index is 2.25. The van der Waals surface area contributed by atoms with Gasteiger partial charge in [-0.15, -0.1) is 11.8 Å². The van der Waals surface area contributed by atoms with E-state index in [0.29, 0.717) is 5.65 Å². The van der Waals surface area contributed by atoms with Crippen molar-refractivity contribution in [2.24, 2.45) is 5.92 Å². The number of hydrogen-bond donors (Lipinski definition) is 2. The summed E-state index contributed by atoms with van der Waals surface area (Å²) >= 11 is 7.33. The van der Waals surface area contributed by atoms with E-state index in [0.717, 1.165) is 16.3 Å². The molecule has 86 valence electrons. The zero-order valence-electron chi connectivity index (χ0n) is 8.64. The predicted octanol–water partition coefficient (Wildman–Crippen LogP) is 1.73. The van der Waals surface area contributed by atoms with Gasteiger partial charge in [-0.1, -0.05) is 6.92 Å². The number of imidazole rings is 1. The molecule has 0 amide bonds. The number of aliphatic hydroxyl groups excluding tert-OH is 1. The molecule has 0 spiro atoms. The SMILES string of the molecule is CC(CO)CSc1nc(Cl)nc2nc[nH]c12. The van der Waals surface area contributed by atoms with E-state index >= 15 is 0 Å². The van der Waals surface area contributed by atoms with Gasteiger partial charge < -0.3 is 10.1 Å². The molecule has 2 rings (SSSR count). The highest BCUT2D eigenvalue weighted by molar-refractivity contribution is 7.99. The van der Waals surface area contributed by atoms with Crippen LogP contribution in [0.15, 0.2) is 11.4 Å². The minimum absolute atomic E-state index is 0.165. The average molecular weight is 259 g/mol. The summed E-state index contributed by atoms with van der Waals surface area (Å²) in [6.45, 7) is 2.14. The van der Waals surface area contributed by atoms with Gasteiger partial charge >= 0.3 is 0 Å². The number of nitrogens with zero attached hydrogens (tertiary/aromatic N) is 3. The van der Waals surface area contributed by atoms with Crippen molar-refractivity contribution in [1.29, 1.82) is 0 Å². The standard InChI is InChI=1S/C9H11ClN4OS/c1-5(2-15)3-16-8-6-7(12-4-11-6)13-9(10)14-8/h4-5,15H,2-3H2,1H3,(H,11,12,13,14). The number of aromatic amines is 1. The van der Waals surface area contributed by atoms with Crippen LogP contribution in [-0.4, -0.2) is 37.4 Å². The maximum Gasteiger partial charge on any atom is 0.225 e. The molecule has 2 N–H and O–H groups in total. The van der Waals surface area contributed by atoms with Gasteiger partial charge in [-0.25, -0.2) is 9.97 Å². The lowest BCUT2D eigenvalue weighted by atomic mass is 10.2. The van der Waals surface area contributed by atoms with Gasteiger partial charge in [0.1, 0.15) is 10.5 Å². The molecule has 2 heterocycles. The third kappa shape index (κ3) is 2.45. The van der Waals surface area contributed by atoms with E-state index in [9.17, 15) is 0 Å². The number of H-pyrrole nitrogens is 1. The van der Waals surface area contributed by atoms with E-state index in [-0.39, 0.29) is 17.8 Å². The normalized spacial score (nSPS) is 13.2. The molecule has 0 aliphatic carbocycles. The first-order valence-electron chi connectivity index (χ1n) is 4.81. The lowest BCUT2D eigenvalue weighted by Crippen LogP contribution is -2.03. The molecule has 0 aliphatic rings. The third-order valence-electron chi connectivity index (χ3n) is 2.04. The van der Waals surface area contributed by atoms with Gasteiger partial charge in [0.05, 0.1) is 6.33 Å². The van der Waals surface area contributed by atoms with Crippen LogP contribution in [0.1, 0.15) is 6.92 Å². The van der Waals surface area contributed by atoms with Gasteiger partial charge in [-0.2, -0.15) is 4.98 Å². The summed E-state index contributed by atoms with van der Waals surface area (Å²) in [5, 5.41) is 9.91. The Labute approximate surface area is 102 Å². The second-order valence-electron chi connectivity index (χ2n) is 3.50.